The van der Waals surface area contributed by atoms with E-state index in [4.69, 9.17) is 0 Å². The molecule has 1 N–H and O–H groups in total. The van der Waals surface area contributed by atoms with Crippen LogP contribution in [0.15, 0.2) is 24.3 Å². The Bertz CT molecular complexity index is 897. The van der Waals surface area contributed by atoms with E-state index in [0.29, 0.717) is 30.2 Å². The third-order valence-corrected chi connectivity index (χ3v) is 10.3. The fraction of sp³-hybridized carbons (Fsp3) is 0.704. The topological polar surface area (TPSA) is 49.4 Å². The summed E-state index contributed by atoms with van der Waals surface area (Å²) < 4.78 is 0. The van der Waals surface area contributed by atoms with Crippen molar-refractivity contribution in [2.75, 3.05) is 7.05 Å². The Morgan fingerprint density at radius 2 is 1.74 bits per heavy atom. The van der Waals surface area contributed by atoms with Crippen LogP contribution in [0.25, 0.3) is 0 Å². The Kier molecular flexibility index (Phi) is 4.99. The Hall–Kier alpha value is -1.84. The fourth-order valence-corrected chi connectivity index (χ4v) is 8.45. The quantitative estimate of drug-likeness (QED) is 0.732. The summed E-state index contributed by atoms with van der Waals surface area (Å²) in [5.41, 5.74) is 2.31. The van der Waals surface area contributed by atoms with Crippen LogP contribution < -0.4 is 5.32 Å². The van der Waals surface area contributed by atoms with Crippen molar-refractivity contribution < 1.29 is 9.59 Å². The van der Waals surface area contributed by atoms with E-state index in [2.05, 4.69) is 24.1 Å². The van der Waals surface area contributed by atoms with E-state index in [1.807, 2.05) is 38.2 Å². The summed E-state index contributed by atoms with van der Waals surface area (Å²) in [6.07, 6.45) is 8.91. The van der Waals surface area contributed by atoms with E-state index >= 15 is 0 Å². The highest BCUT2D eigenvalue weighted by molar-refractivity contribution is 5.95. The number of nitrogens with one attached hydrogen (secondary N) is 1. The lowest BCUT2D eigenvalue weighted by molar-refractivity contribution is -0.157. The lowest BCUT2D eigenvalue weighted by Crippen LogP contribution is -2.62. The Morgan fingerprint density at radius 1 is 1.00 bits per heavy atom. The van der Waals surface area contributed by atoms with Gasteiger partial charge < -0.3 is 10.2 Å². The molecule has 4 aliphatic rings. The van der Waals surface area contributed by atoms with Crippen molar-refractivity contribution in [2.24, 2.45) is 28.6 Å². The average molecular weight is 423 g/mol. The highest BCUT2D eigenvalue weighted by atomic mass is 16.2. The van der Waals surface area contributed by atoms with Gasteiger partial charge in [0.2, 0.25) is 5.91 Å². The minimum atomic E-state index is 0.0928. The summed E-state index contributed by atoms with van der Waals surface area (Å²) in [4.78, 5) is 27.5. The van der Waals surface area contributed by atoms with Gasteiger partial charge in [0, 0.05) is 31.1 Å². The van der Waals surface area contributed by atoms with Gasteiger partial charge in [-0.15, -0.1) is 0 Å². The first kappa shape index (κ1) is 21.0. The summed E-state index contributed by atoms with van der Waals surface area (Å²) in [5.74, 6) is 2.57. The molecule has 1 aromatic carbocycles. The number of nitrogens with zero attached hydrogens (tertiary/aromatic N) is 1. The first-order chi connectivity index (χ1) is 14.8. The zero-order chi connectivity index (χ0) is 22.0. The Labute approximate surface area is 187 Å². The third kappa shape index (κ3) is 3.08. The van der Waals surface area contributed by atoms with E-state index in [-0.39, 0.29) is 22.8 Å². The van der Waals surface area contributed by atoms with Crippen LogP contribution in [0.1, 0.15) is 81.1 Å². The first-order valence-electron chi connectivity index (χ1n) is 12.4. The molecule has 168 valence electrons. The first-order valence-corrected chi connectivity index (χ1v) is 12.4. The lowest BCUT2D eigenvalue weighted by Gasteiger charge is -2.61. The molecule has 1 saturated heterocycles. The Morgan fingerprint density at radius 3 is 2.52 bits per heavy atom. The smallest absolute Gasteiger partial charge is 0.251 e. The number of fused-ring (bicyclic) bond motifs is 5. The van der Waals surface area contributed by atoms with Gasteiger partial charge in [0.15, 0.2) is 0 Å². The molecule has 1 unspecified atom stereocenters. The summed E-state index contributed by atoms with van der Waals surface area (Å²) in [5, 5.41) is 3.46. The summed E-state index contributed by atoms with van der Waals surface area (Å²) in [7, 11) is 2.03. The highest BCUT2D eigenvalue weighted by Crippen LogP contribution is 2.64. The molecule has 0 spiro atoms. The van der Waals surface area contributed by atoms with Crippen molar-refractivity contribution >= 4 is 11.8 Å². The Balaban J connectivity index is 1.36. The largest absolute Gasteiger partial charge is 0.349 e. The maximum Gasteiger partial charge on any atom is 0.251 e. The molecule has 3 saturated carbocycles. The molecular formula is C27H38N2O2. The van der Waals surface area contributed by atoms with E-state index in [1.165, 1.54) is 25.7 Å². The van der Waals surface area contributed by atoms with Crippen LogP contribution in [0.3, 0.4) is 0 Å². The van der Waals surface area contributed by atoms with Gasteiger partial charge in [-0.3, -0.25) is 9.59 Å². The monoisotopic (exact) mass is 422 g/mol. The van der Waals surface area contributed by atoms with E-state index in [0.717, 1.165) is 36.3 Å². The minimum absolute atomic E-state index is 0.0928. The van der Waals surface area contributed by atoms with E-state index in [9.17, 15) is 9.59 Å². The van der Waals surface area contributed by atoms with Crippen LogP contribution in [0, 0.1) is 35.5 Å². The second-order valence-corrected chi connectivity index (χ2v) is 11.4. The molecule has 0 radical (unpaired) electrons. The number of carbonyl (C=O) groups excluding carboxylic acids is 2. The fourth-order valence-electron chi connectivity index (χ4n) is 8.45. The van der Waals surface area contributed by atoms with Gasteiger partial charge in [0.1, 0.15) is 0 Å². The van der Waals surface area contributed by atoms with Gasteiger partial charge in [0.25, 0.3) is 5.91 Å². The lowest BCUT2D eigenvalue weighted by atomic mass is 9.47. The van der Waals surface area contributed by atoms with Gasteiger partial charge >= 0.3 is 0 Å². The summed E-state index contributed by atoms with van der Waals surface area (Å²) in [6.45, 7) is 6.95. The molecule has 3 aliphatic carbocycles. The molecule has 5 rings (SSSR count). The van der Waals surface area contributed by atoms with Gasteiger partial charge in [-0.1, -0.05) is 32.0 Å². The molecule has 31 heavy (non-hydrogen) atoms. The van der Waals surface area contributed by atoms with E-state index in [1.54, 1.807) is 0 Å². The maximum atomic E-state index is 13.1. The third-order valence-electron chi connectivity index (χ3n) is 10.3. The number of hydrogen-bond donors (Lipinski definition) is 1. The number of piperidine rings is 1. The van der Waals surface area contributed by atoms with Crippen molar-refractivity contribution in [1.82, 2.24) is 10.2 Å². The molecular weight excluding hydrogens is 384 g/mol. The molecule has 1 aliphatic heterocycles. The van der Waals surface area contributed by atoms with Crippen LogP contribution >= 0.6 is 0 Å². The van der Waals surface area contributed by atoms with Crippen LogP contribution in [0.4, 0.5) is 0 Å². The molecule has 1 heterocycles. The number of aryl methyl sites for hydroxylation is 1. The highest BCUT2D eigenvalue weighted by Gasteiger charge is 2.61. The zero-order valence-corrected chi connectivity index (χ0v) is 19.6. The van der Waals surface area contributed by atoms with Gasteiger partial charge in [-0.25, -0.2) is 0 Å². The molecule has 4 nitrogen and oxygen atoms in total. The molecule has 2 amide bonds. The van der Waals surface area contributed by atoms with Gasteiger partial charge in [-0.05, 0) is 92.1 Å². The molecule has 7 atom stereocenters. The number of rotatable bonds is 2. The maximum absolute atomic E-state index is 13.1. The van der Waals surface area contributed by atoms with Gasteiger partial charge in [-0.2, -0.15) is 0 Å². The predicted octanol–water partition coefficient (Wildman–Crippen LogP) is 4.96. The molecule has 4 fully saturated rings. The van der Waals surface area contributed by atoms with Crippen LogP contribution in [-0.4, -0.2) is 35.8 Å². The predicted molar refractivity (Wildman–Crippen MR) is 123 cm³/mol. The average Bonchev–Trinajstić information content (AvgIpc) is 3.07. The number of amides is 2. The van der Waals surface area contributed by atoms with Crippen molar-refractivity contribution in [3.05, 3.63) is 35.4 Å². The van der Waals surface area contributed by atoms with Gasteiger partial charge in [0.05, 0.1) is 0 Å². The number of likely N-dealkylation sites (tertiary alicyclic amines) is 1. The zero-order valence-electron chi connectivity index (χ0n) is 19.6. The molecule has 4 heteroatoms. The second kappa shape index (κ2) is 7.35. The summed E-state index contributed by atoms with van der Waals surface area (Å²) in [6, 6.07) is 8.60. The number of hydrogen-bond acceptors (Lipinski definition) is 2. The van der Waals surface area contributed by atoms with Crippen molar-refractivity contribution in [3.8, 4) is 0 Å². The van der Waals surface area contributed by atoms with E-state index < -0.39 is 0 Å². The molecule has 1 aromatic rings. The molecule has 0 bridgehead atoms. The SMILES string of the molecule is Cc1ccccc1C(=O)NC1CC[C@H]2[C@@H]3CC[C@H]4N(C)C(=O)CC[C@]4(C)[C@H]3CC[C@]12C. The van der Waals surface area contributed by atoms with Crippen molar-refractivity contribution in [2.45, 2.75) is 84.2 Å². The van der Waals surface area contributed by atoms with Crippen LogP contribution in [0.5, 0.6) is 0 Å². The number of carbonyl (C=O) groups is 2. The van der Waals surface area contributed by atoms with Crippen LogP contribution in [0.2, 0.25) is 0 Å². The second-order valence-electron chi connectivity index (χ2n) is 11.4. The number of benzene rings is 1. The van der Waals surface area contributed by atoms with Crippen LogP contribution in [-0.2, 0) is 4.79 Å². The summed E-state index contributed by atoms with van der Waals surface area (Å²) >= 11 is 0. The molecule has 0 aromatic heterocycles. The normalized spacial score (nSPS) is 41.9. The standard InChI is InChI=1S/C27H38N2O2/c1-17-7-5-6-8-18(17)25(31)28-22-11-10-20-19-9-12-23-27(3,16-14-24(30)29(23)4)21(19)13-15-26(20,22)2/h5-8,19-23H,9-16H2,1-4H3,(H,28,31)/t19-,20-,21-,22?,23+,26-,27+/m0/s1. The minimum Gasteiger partial charge on any atom is -0.349 e. The van der Waals surface area contributed by atoms with Crippen molar-refractivity contribution in [1.29, 1.82) is 0 Å². The van der Waals surface area contributed by atoms with Crippen molar-refractivity contribution in [3.63, 3.8) is 0 Å².